The first-order valence-electron chi connectivity index (χ1n) is 10.7. The Balaban J connectivity index is 2.31. The van der Waals surface area contributed by atoms with Gasteiger partial charge in [0.2, 0.25) is 11.8 Å². The second-order valence-corrected chi connectivity index (χ2v) is 9.02. The second-order valence-electron chi connectivity index (χ2n) is 7.46. The minimum Gasteiger partial charge on any atom is -0.309 e. The number of nitrogens with one attached hydrogen (secondary N) is 1. The van der Waals surface area contributed by atoms with E-state index in [9.17, 15) is 22.4 Å². The molecule has 0 aliphatic carbocycles. The number of hydrogen-bond donors (Lipinski definition) is 1. The number of rotatable bonds is 11. The molecule has 6 nitrogen and oxygen atoms in total. The number of hydrogen-bond acceptors (Lipinski definition) is 4. The van der Waals surface area contributed by atoms with Crippen LogP contribution in [-0.4, -0.2) is 26.3 Å². The highest BCUT2D eigenvalue weighted by atomic mass is 32.2. The van der Waals surface area contributed by atoms with Crippen molar-refractivity contribution >= 4 is 33.6 Å². The van der Waals surface area contributed by atoms with Gasteiger partial charge in [-0.1, -0.05) is 50.3 Å². The molecule has 0 aliphatic heterocycles. The van der Waals surface area contributed by atoms with Crippen LogP contribution in [0.1, 0.15) is 38.7 Å². The van der Waals surface area contributed by atoms with Gasteiger partial charge in [-0.2, -0.15) is 0 Å². The van der Waals surface area contributed by atoms with Crippen molar-refractivity contribution in [2.45, 2.75) is 39.2 Å². The quantitative estimate of drug-likeness (QED) is 0.381. The molecule has 2 rings (SSSR count). The van der Waals surface area contributed by atoms with Crippen molar-refractivity contribution in [2.24, 2.45) is 5.92 Å². The van der Waals surface area contributed by atoms with Gasteiger partial charge < -0.3 is 4.90 Å². The SMILES string of the molecule is C=CCC(C(=O)NS(=O)(=O)/C=C/c1ccccc1)C(=O)N(c1ccc(F)cc1)C(CC)CC. The van der Waals surface area contributed by atoms with Gasteiger partial charge in [0.15, 0.2) is 0 Å². The number of allylic oxidation sites excluding steroid dienone is 1. The summed E-state index contributed by atoms with van der Waals surface area (Å²) in [5.41, 5.74) is 1.08. The molecule has 8 heteroatoms. The fourth-order valence-corrected chi connectivity index (χ4v) is 4.23. The lowest BCUT2D eigenvalue weighted by Crippen LogP contribution is -2.48. The van der Waals surface area contributed by atoms with Crippen LogP contribution < -0.4 is 9.62 Å². The zero-order valence-electron chi connectivity index (χ0n) is 18.8. The summed E-state index contributed by atoms with van der Waals surface area (Å²) in [6.45, 7) is 7.41. The van der Waals surface area contributed by atoms with Crippen LogP contribution in [0, 0.1) is 11.7 Å². The van der Waals surface area contributed by atoms with Crippen LogP contribution in [0.15, 0.2) is 72.7 Å². The van der Waals surface area contributed by atoms with E-state index in [0.717, 1.165) is 5.41 Å². The normalized spacial score (nSPS) is 12.5. The molecule has 0 saturated carbocycles. The maximum absolute atomic E-state index is 13.5. The third kappa shape index (κ3) is 7.39. The fraction of sp³-hybridized carbons (Fsp3) is 0.280. The summed E-state index contributed by atoms with van der Waals surface area (Å²) in [4.78, 5) is 27.9. The molecule has 0 fully saturated rings. The largest absolute Gasteiger partial charge is 0.309 e. The summed E-state index contributed by atoms with van der Waals surface area (Å²) in [5.74, 6) is -3.29. The molecule has 0 bridgehead atoms. The predicted molar refractivity (Wildman–Crippen MR) is 129 cm³/mol. The van der Waals surface area contributed by atoms with Crippen LogP contribution >= 0.6 is 0 Å². The van der Waals surface area contributed by atoms with Crippen LogP contribution in [0.4, 0.5) is 10.1 Å². The Hall–Kier alpha value is -3.26. The van der Waals surface area contributed by atoms with Crippen LogP contribution in [0.25, 0.3) is 6.08 Å². The maximum Gasteiger partial charge on any atom is 0.257 e. The zero-order chi connectivity index (χ0) is 24.4. The van der Waals surface area contributed by atoms with E-state index >= 15 is 0 Å². The number of amides is 2. The highest BCUT2D eigenvalue weighted by molar-refractivity contribution is 7.93. The van der Waals surface area contributed by atoms with Crippen molar-refractivity contribution in [1.82, 2.24) is 4.72 Å². The molecular weight excluding hydrogens is 443 g/mol. The number of sulfonamides is 1. The van der Waals surface area contributed by atoms with Gasteiger partial charge in [-0.3, -0.25) is 9.59 Å². The second kappa shape index (κ2) is 12.1. The number of halogens is 1. The fourth-order valence-electron chi connectivity index (χ4n) is 3.41. The lowest BCUT2D eigenvalue weighted by atomic mass is 9.99. The number of anilines is 1. The van der Waals surface area contributed by atoms with Gasteiger partial charge in [-0.15, -0.1) is 6.58 Å². The number of nitrogens with zero attached hydrogens (tertiary/aromatic N) is 1. The van der Waals surface area contributed by atoms with E-state index in [1.165, 1.54) is 41.3 Å². The van der Waals surface area contributed by atoms with Gasteiger partial charge in [-0.05, 0) is 55.2 Å². The van der Waals surface area contributed by atoms with E-state index in [4.69, 9.17) is 0 Å². The summed E-state index contributed by atoms with van der Waals surface area (Å²) < 4.78 is 40.3. The first-order valence-corrected chi connectivity index (χ1v) is 12.3. The van der Waals surface area contributed by atoms with Crippen molar-refractivity contribution in [3.05, 3.63) is 84.0 Å². The predicted octanol–water partition coefficient (Wildman–Crippen LogP) is 4.66. The molecule has 1 N–H and O–H groups in total. The van der Waals surface area contributed by atoms with E-state index in [0.29, 0.717) is 24.1 Å². The third-order valence-electron chi connectivity index (χ3n) is 5.15. The summed E-state index contributed by atoms with van der Waals surface area (Å²) in [5, 5.41) is 0.883. The molecule has 0 spiro atoms. The summed E-state index contributed by atoms with van der Waals surface area (Å²) in [6.07, 6.45) is 3.89. The van der Waals surface area contributed by atoms with Gasteiger partial charge in [0, 0.05) is 11.7 Å². The topological polar surface area (TPSA) is 83.5 Å². The van der Waals surface area contributed by atoms with Gasteiger partial charge in [0.25, 0.3) is 10.0 Å². The molecular formula is C25H29FN2O4S. The van der Waals surface area contributed by atoms with Gasteiger partial charge >= 0.3 is 0 Å². The van der Waals surface area contributed by atoms with Crippen LogP contribution in [0.3, 0.4) is 0 Å². The smallest absolute Gasteiger partial charge is 0.257 e. The average molecular weight is 473 g/mol. The van der Waals surface area contributed by atoms with Crippen molar-refractivity contribution in [3.63, 3.8) is 0 Å². The number of carbonyl (C=O) groups is 2. The van der Waals surface area contributed by atoms with E-state index in [1.54, 1.807) is 30.3 Å². The monoisotopic (exact) mass is 472 g/mol. The molecule has 0 heterocycles. The molecule has 33 heavy (non-hydrogen) atoms. The van der Waals surface area contributed by atoms with Gasteiger partial charge in [0.1, 0.15) is 11.7 Å². The van der Waals surface area contributed by atoms with Crippen molar-refractivity contribution < 1.29 is 22.4 Å². The minimum atomic E-state index is -4.14. The number of benzene rings is 2. The van der Waals surface area contributed by atoms with Crippen LogP contribution in [0.2, 0.25) is 0 Å². The molecule has 0 aliphatic rings. The summed E-state index contributed by atoms with van der Waals surface area (Å²) in [6, 6.07) is 13.9. The van der Waals surface area contributed by atoms with Crippen molar-refractivity contribution in [2.75, 3.05) is 4.90 Å². The Labute approximate surface area is 194 Å². The Bertz CT molecular complexity index is 1080. The Morgan fingerprint density at radius 3 is 2.21 bits per heavy atom. The first-order chi connectivity index (χ1) is 15.7. The summed E-state index contributed by atoms with van der Waals surface area (Å²) >= 11 is 0. The molecule has 0 radical (unpaired) electrons. The van der Waals surface area contributed by atoms with E-state index in [1.807, 2.05) is 18.6 Å². The molecule has 1 atom stereocenters. The first kappa shape index (κ1) is 26.0. The van der Waals surface area contributed by atoms with E-state index in [2.05, 4.69) is 6.58 Å². The molecule has 2 aromatic rings. The lowest BCUT2D eigenvalue weighted by molar-refractivity contribution is -0.132. The lowest BCUT2D eigenvalue weighted by Gasteiger charge is -2.33. The Morgan fingerprint density at radius 1 is 1.06 bits per heavy atom. The number of carbonyl (C=O) groups excluding carboxylic acids is 2. The Kier molecular flexibility index (Phi) is 9.54. The van der Waals surface area contributed by atoms with Crippen molar-refractivity contribution in [3.8, 4) is 0 Å². The highest BCUT2D eigenvalue weighted by Crippen LogP contribution is 2.25. The van der Waals surface area contributed by atoms with Crippen LogP contribution in [0.5, 0.6) is 0 Å². The van der Waals surface area contributed by atoms with Crippen molar-refractivity contribution in [1.29, 1.82) is 0 Å². The molecule has 2 amide bonds. The minimum absolute atomic E-state index is 0.0551. The van der Waals surface area contributed by atoms with E-state index < -0.39 is 33.6 Å². The third-order valence-corrected chi connectivity index (χ3v) is 6.13. The maximum atomic E-state index is 13.5. The zero-order valence-corrected chi connectivity index (χ0v) is 19.6. The highest BCUT2D eigenvalue weighted by Gasteiger charge is 2.34. The van der Waals surface area contributed by atoms with Crippen LogP contribution in [-0.2, 0) is 19.6 Å². The summed E-state index contributed by atoms with van der Waals surface area (Å²) in [7, 11) is -4.14. The molecule has 176 valence electrons. The van der Waals surface area contributed by atoms with E-state index in [-0.39, 0.29) is 12.5 Å². The van der Waals surface area contributed by atoms with Gasteiger partial charge in [0.05, 0.1) is 5.41 Å². The molecule has 0 aromatic heterocycles. The van der Waals surface area contributed by atoms with Gasteiger partial charge in [-0.25, -0.2) is 17.5 Å². The molecule has 0 saturated heterocycles. The molecule has 1 unspecified atom stereocenters. The standard InChI is InChI=1S/C25H29FN2O4S/c1-4-10-23(24(29)27-33(31,32)18-17-19-11-8-7-9-12-19)25(30)28(21(5-2)6-3)22-15-13-20(26)14-16-22/h4,7-9,11-18,21,23H,1,5-6,10H2,2-3H3,(H,27,29)/b18-17+. The average Bonchev–Trinajstić information content (AvgIpc) is 2.80. The molecule has 2 aromatic carbocycles. The Morgan fingerprint density at radius 2 is 1.67 bits per heavy atom.